The van der Waals surface area contributed by atoms with E-state index in [0.717, 1.165) is 17.5 Å². The van der Waals surface area contributed by atoms with Gasteiger partial charge in [0.15, 0.2) is 24.2 Å². The summed E-state index contributed by atoms with van der Waals surface area (Å²) in [6, 6.07) is 23.9. The van der Waals surface area contributed by atoms with E-state index in [-0.39, 0.29) is 39.1 Å². The molecule has 0 radical (unpaired) electrons. The average Bonchev–Trinajstić information content (AvgIpc) is 1.71. The molecule has 4 heterocycles. The molecule has 22 nitrogen and oxygen atoms in total. The van der Waals surface area contributed by atoms with Crippen LogP contribution in [0.2, 0.25) is 0 Å². The lowest BCUT2D eigenvalue weighted by molar-refractivity contribution is -0.160. The number of carbonyl (C=O) groups is 6. The molecule has 1 amide bonds. The van der Waals surface area contributed by atoms with Crippen LogP contribution in [-0.4, -0.2) is 148 Å². The smallest absolute Gasteiger partial charge is 0.338 e. The highest BCUT2D eigenvalue weighted by atomic mass is 16.7. The number of aliphatic hydroxyl groups is 2. The summed E-state index contributed by atoms with van der Waals surface area (Å²) >= 11 is 0. The number of hydrogen-bond donors (Lipinski definition) is 6. The number of amides is 1. The van der Waals surface area contributed by atoms with E-state index in [1.807, 2.05) is 0 Å². The first kappa shape index (κ1) is 63.9. The Balaban J connectivity index is 1.26. The third kappa shape index (κ3) is 13.5. The Hall–Kier alpha value is -9.09. The van der Waals surface area contributed by atoms with Crippen molar-refractivity contribution in [2.24, 2.45) is 28.8 Å². The minimum absolute atomic E-state index is 0.0189. The highest BCUT2D eigenvalue weighted by molar-refractivity contribution is 6.24. The maximum absolute atomic E-state index is 14.9. The Labute approximate surface area is 502 Å². The van der Waals surface area contributed by atoms with Gasteiger partial charge in [-0.15, -0.1) is 0 Å². The number of Topliss-reactive ketones (excluding diaryl/α,β-unsaturated/α-hetero) is 1. The van der Waals surface area contributed by atoms with Crippen LogP contribution >= 0.6 is 0 Å². The minimum atomic E-state index is -2.22. The minimum Gasteiger partial charge on any atom is -0.507 e. The number of carbonyl (C=O) groups excluding carboxylic acids is 6. The highest BCUT2D eigenvalue weighted by Gasteiger charge is 2.53. The molecule has 4 unspecified atom stereocenters. The topological polar surface area (TPSA) is 305 Å². The third-order valence-electron chi connectivity index (χ3n) is 15.9. The van der Waals surface area contributed by atoms with E-state index in [4.69, 9.17) is 37.9 Å². The Morgan fingerprint density at radius 3 is 1.87 bits per heavy atom. The lowest BCUT2D eigenvalue weighted by Gasteiger charge is -2.38. The van der Waals surface area contributed by atoms with Gasteiger partial charge in [-0.05, 0) is 56.3 Å². The first-order valence-electron chi connectivity index (χ1n) is 28.1. The van der Waals surface area contributed by atoms with Crippen molar-refractivity contribution >= 4 is 58.2 Å². The van der Waals surface area contributed by atoms with E-state index >= 15 is 0 Å². The second-order valence-corrected chi connectivity index (χ2v) is 21.9. The number of benzene rings is 5. The van der Waals surface area contributed by atoms with Crippen molar-refractivity contribution in [3.05, 3.63) is 161 Å². The monoisotopic (exact) mass is 1200 g/mol. The molecule has 460 valence electrons. The number of ketones is 1. The number of phenolic OH excluding ortho intramolecular Hbond substituents is 3. The number of nitrogens with zero attached hydrogens (tertiary/aromatic N) is 2. The molecular weight excluding hydrogens is 1130 g/mol. The van der Waals surface area contributed by atoms with Gasteiger partial charge in [0.2, 0.25) is 0 Å². The lowest BCUT2D eigenvalue weighted by atomic mass is 9.78. The summed E-state index contributed by atoms with van der Waals surface area (Å²) in [5, 5.41) is 67.7. The van der Waals surface area contributed by atoms with Crippen LogP contribution in [0.3, 0.4) is 0 Å². The standard InChI is InChI=1S/C65H71N3O19/c1-33-21-20-22-34(2)60(76)67-49-43(31-66-68(9)61-58(86-64(79)42-27-18-13-19-28-42)57(85-63(78)41-25-16-12-17-26-41)45(84-61)32-81-62(77)40-23-14-11-15-24-40)53(73)46-47(54(49)74)52(72)38(6)56-48(46)59(75)65(8,87-56)82-30-29-44(80-10)35(3)55(83-39(7)69)37(5)51(71)36(4)50(33)70/h11-31,33,35-37,44-45,50-51,55,57-58,61,70-74H,32H2,1-10H3,(H,67,76)/b21-20+,30-29+,34-22-,66-31+/t33-,35+,36+,37+,44-,45?,50-,51+,55+,57?,58?,61?,65-/m0/s1. The quantitative estimate of drug-likeness (QED) is 0.0172. The van der Waals surface area contributed by atoms with Gasteiger partial charge >= 0.3 is 29.7 Å². The fourth-order valence-corrected chi connectivity index (χ4v) is 10.8. The molecule has 4 aliphatic heterocycles. The zero-order chi connectivity index (χ0) is 63.2. The Morgan fingerprint density at radius 1 is 0.724 bits per heavy atom. The highest BCUT2D eigenvalue weighted by Crippen LogP contribution is 2.55. The molecule has 5 aromatic carbocycles. The lowest BCUT2D eigenvalue weighted by Crippen LogP contribution is -2.46. The van der Waals surface area contributed by atoms with E-state index in [0.29, 0.717) is 0 Å². The summed E-state index contributed by atoms with van der Waals surface area (Å²) in [5.41, 5.74) is -0.974. The molecule has 22 heteroatoms. The zero-order valence-corrected chi connectivity index (χ0v) is 49.6. The summed E-state index contributed by atoms with van der Waals surface area (Å²) in [4.78, 5) is 83.1. The number of allylic oxidation sites excluding steroid dienone is 2. The number of aliphatic hydroxyl groups excluding tert-OH is 2. The molecule has 9 rings (SSSR count). The molecule has 6 N–H and O–H groups in total. The molecule has 1 fully saturated rings. The molecule has 87 heavy (non-hydrogen) atoms. The maximum atomic E-state index is 14.9. The Bertz CT molecular complexity index is 3520. The summed E-state index contributed by atoms with van der Waals surface area (Å²) < 4.78 is 48.3. The number of fused-ring (bicyclic) bond motifs is 14. The van der Waals surface area contributed by atoms with Crippen molar-refractivity contribution in [2.45, 2.75) is 110 Å². The predicted octanol–water partition coefficient (Wildman–Crippen LogP) is 8.05. The van der Waals surface area contributed by atoms with Crippen molar-refractivity contribution in [1.29, 1.82) is 0 Å². The predicted molar refractivity (Wildman–Crippen MR) is 316 cm³/mol. The number of aromatic hydroxyl groups is 3. The van der Waals surface area contributed by atoms with Gasteiger partial charge < -0.3 is 68.7 Å². The molecule has 5 aromatic rings. The number of likely N-dealkylation sites (N-methyl/N-ethyl adjacent to an activating group) is 1. The van der Waals surface area contributed by atoms with Crippen molar-refractivity contribution in [1.82, 2.24) is 5.01 Å². The fraction of sp³-hybridized carbons (Fsp3) is 0.369. The van der Waals surface area contributed by atoms with E-state index in [2.05, 4.69) is 10.4 Å². The first-order chi connectivity index (χ1) is 41.4. The van der Waals surface area contributed by atoms with Gasteiger partial charge in [-0.3, -0.25) is 19.4 Å². The number of esters is 4. The second kappa shape index (κ2) is 27.1. The number of anilines is 1. The van der Waals surface area contributed by atoms with Crippen LogP contribution in [0.15, 0.2) is 132 Å². The van der Waals surface area contributed by atoms with Gasteiger partial charge in [-0.2, -0.15) is 5.10 Å². The number of rotatable bonds is 12. The summed E-state index contributed by atoms with van der Waals surface area (Å²) in [6.07, 6.45) is -2.10. The zero-order valence-electron chi connectivity index (χ0n) is 49.6. The SMILES string of the molecule is CO[C@H]1/C=C/O[C@@]2(C)Oc3c(C)c(O)c4c(O)c(c(/C=N/N(C)C5OC(COC(=O)c6ccccc6)C(OC(=O)c6ccccc6)C5OC(=O)c5ccccc5)c(O)c4c3C2=O)NC(=O)/C(C)=C\C=C\[C@H](C)[C@H](O)[C@@H](C)[C@@H](O)[C@@H](C)[C@H](OC(C)=O)[C@@H]1C. The van der Waals surface area contributed by atoms with Crippen LogP contribution in [0.4, 0.5) is 5.69 Å². The van der Waals surface area contributed by atoms with Crippen LogP contribution in [0.5, 0.6) is 23.0 Å². The van der Waals surface area contributed by atoms with E-state index in [9.17, 15) is 54.3 Å². The number of hydrogen-bond acceptors (Lipinski definition) is 21. The third-order valence-corrected chi connectivity index (χ3v) is 15.9. The number of methoxy groups -OCH3 is 1. The molecule has 13 atom stereocenters. The Kier molecular flexibility index (Phi) is 19.9. The molecule has 0 saturated carbocycles. The molecule has 4 aliphatic rings. The first-order valence-corrected chi connectivity index (χ1v) is 28.1. The van der Waals surface area contributed by atoms with E-state index in [1.54, 1.807) is 88.4 Å². The van der Waals surface area contributed by atoms with Crippen LogP contribution in [0.1, 0.15) is 101 Å². The largest absolute Gasteiger partial charge is 0.507 e. The molecular formula is C65H71N3O19. The second-order valence-electron chi connectivity index (χ2n) is 21.9. The number of phenols is 3. The van der Waals surface area contributed by atoms with Crippen LogP contribution in [0, 0.1) is 30.6 Å². The van der Waals surface area contributed by atoms with Crippen LogP contribution in [-0.2, 0) is 42.7 Å². The Morgan fingerprint density at radius 2 is 1.30 bits per heavy atom. The number of nitrogens with one attached hydrogen (secondary N) is 1. The van der Waals surface area contributed by atoms with Gasteiger partial charge in [0.05, 0.1) is 69.7 Å². The fourth-order valence-electron chi connectivity index (χ4n) is 10.8. The number of hydrazone groups is 1. The van der Waals surface area contributed by atoms with Gasteiger partial charge in [0.1, 0.15) is 36.1 Å². The maximum Gasteiger partial charge on any atom is 0.338 e. The normalized spacial score (nSPS) is 28.2. The summed E-state index contributed by atoms with van der Waals surface area (Å²) in [7, 11) is 2.76. The molecule has 1 saturated heterocycles. The van der Waals surface area contributed by atoms with Crippen molar-refractivity contribution < 1.29 is 92.2 Å². The molecule has 0 aromatic heterocycles. The molecule has 5 bridgehead atoms. The van der Waals surface area contributed by atoms with Crippen molar-refractivity contribution in [3.63, 3.8) is 0 Å². The van der Waals surface area contributed by atoms with Crippen LogP contribution < -0.4 is 10.1 Å². The molecule has 0 aliphatic carbocycles. The van der Waals surface area contributed by atoms with Crippen LogP contribution in [0.25, 0.3) is 10.8 Å². The summed E-state index contributed by atoms with van der Waals surface area (Å²) in [6.45, 7) is 11.5. The van der Waals surface area contributed by atoms with Crippen molar-refractivity contribution in [3.8, 4) is 23.0 Å². The van der Waals surface area contributed by atoms with E-state index in [1.165, 1.54) is 96.5 Å². The summed E-state index contributed by atoms with van der Waals surface area (Å²) in [5.74, 6) is -12.6. The van der Waals surface area contributed by atoms with Gasteiger partial charge in [-0.25, -0.2) is 14.4 Å². The van der Waals surface area contributed by atoms with Gasteiger partial charge in [0, 0.05) is 68.2 Å². The van der Waals surface area contributed by atoms with Gasteiger partial charge in [-0.1, -0.05) is 101 Å². The van der Waals surface area contributed by atoms with Crippen molar-refractivity contribution in [2.75, 3.05) is 26.1 Å². The van der Waals surface area contributed by atoms with Gasteiger partial charge in [0.25, 0.3) is 11.7 Å². The van der Waals surface area contributed by atoms with E-state index < -0.39 is 160 Å². The number of ether oxygens (including phenoxy) is 8. The average molecular weight is 1200 g/mol. The molecule has 0 spiro atoms.